The van der Waals surface area contributed by atoms with E-state index >= 15 is 0 Å². The summed E-state index contributed by atoms with van der Waals surface area (Å²) in [5, 5.41) is 4.48. The molecule has 29 heavy (non-hydrogen) atoms. The Kier molecular flexibility index (Phi) is 5.58. The summed E-state index contributed by atoms with van der Waals surface area (Å²) in [5.74, 6) is 0.0547. The molecule has 1 aliphatic rings. The van der Waals surface area contributed by atoms with Gasteiger partial charge in [-0.25, -0.2) is 8.78 Å². The first kappa shape index (κ1) is 19.5. The lowest BCUT2D eigenvalue weighted by atomic mass is 9.81. The van der Waals surface area contributed by atoms with Crippen LogP contribution in [0, 0.1) is 11.6 Å². The molecule has 0 radical (unpaired) electrons. The van der Waals surface area contributed by atoms with Crippen LogP contribution >= 0.6 is 0 Å². The first-order chi connectivity index (χ1) is 14.0. The number of fused-ring (bicyclic) bond motifs is 1. The fourth-order valence-electron chi connectivity index (χ4n) is 4.22. The van der Waals surface area contributed by atoms with Gasteiger partial charge in [0.05, 0.1) is 11.4 Å². The molecule has 0 amide bonds. The van der Waals surface area contributed by atoms with Gasteiger partial charge >= 0.3 is 0 Å². The number of hydrogen-bond acceptors (Lipinski definition) is 4. The smallest absolute Gasteiger partial charge is 0.147 e. The van der Waals surface area contributed by atoms with Crippen molar-refractivity contribution < 1.29 is 13.5 Å². The largest absolute Gasteiger partial charge is 0.490 e. The van der Waals surface area contributed by atoms with Crippen molar-refractivity contribution >= 4 is 22.3 Å². The zero-order chi connectivity index (χ0) is 20.4. The Balaban J connectivity index is 1.26. The van der Waals surface area contributed by atoms with Gasteiger partial charge in [-0.3, -0.25) is 0 Å². The van der Waals surface area contributed by atoms with Crippen LogP contribution in [0.25, 0.3) is 10.9 Å². The third-order valence-corrected chi connectivity index (χ3v) is 5.77. The van der Waals surface area contributed by atoms with Gasteiger partial charge in [0, 0.05) is 35.8 Å². The van der Waals surface area contributed by atoms with Gasteiger partial charge in [0.25, 0.3) is 0 Å². The Bertz CT molecular complexity index is 996. The molecule has 0 spiro atoms. The highest BCUT2D eigenvalue weighted by Gasteiger charge is 2.24. The van der Waals surface area contributed by atoms with Gasteiger partial charge in [-0.15, -0.1) is 0 Å². The lowest BCUT2D eigenvalue weighted by molar-refractivity contribution is 0.283. The van der Waals surface area contributed by atoms with Gasteiger partial charge in [0.15, 0.2) is 0 Å². The van der Waals surface area contributed by atoms with Gasteiger partial charge in [0.1, 0.15) is 24.0 Å². The van der Waals surface area contributed by atoms with Gasteiger partial charge < -0.3 is 26.5 Å². The number of nitrogens with two attached hydrogens (primary N) is 2. The minimum atomic E-state index is -0.463. The molecule has 1 heterocycles. The zero-order valence-corrected chi connectivity index (χ0v) is 16.2. The lowest BCUT2D eigenvalue weighted by Gasteiger charge is -2.29. The molecule has 0 aliphatic heterocycles. The SMILES string of the molecule is Nc1cc(F)cc(OCCNC2CCC(c3c[nH]c4ccc(F)cc34)CC2)c1N. The van der Waals surface area contributed by atoms with Crippen LogP contribution in [0.4, 0.5) is 20.2 Å². The molecular formula is C22H26F2N4O. The summed E-state index contributed by atoms with van der Waals surface area (Å²) in [4.78, 5) is 3.25. The molecule has 1 saturated carbocycles. The zero-order valence-electron chi connectivity index (χ0n) is 16.2. The number of rotatable bonds is 6. The van der Waals surface area contributed by atoms with E-state index in [1.54, 1.807) is 12.1 Å². The maximum Gasteiger partial charge on any atom is 0.147 e. The Morgan fingerprint density at radius 1 is 1.03 bits per heavy atom. The Labute approximate surface area is 168 Å². The molecule has 1 fully saturated rings. The highest BCUT2D eigenvalue weighted by atomic mass is 19.1. The average Bonchev–Trinajstić information content (AvgIpc) is 3.12. The third-order valence-electron chi connectivity index (χ3n) is 5.77. The highest BCUT2D eigenvalue weighted by molar-refractivity contribution is 5.83. The van der Waals surface area contributed by atoms with Crippen LogP contribution in [0.3, 0.4) is 0 Å². The van der Waals surface area contributed by atoms with Gasteiger partial charge in [0.2, 0.25) is 0 Å². The number of aromatic nitrogens is 1. The van der Waals surface area contributed by atoms with Crippen molar-refractivity contribution in [2.75, 3.05) is 24.6 Å². The predicted molar refractivity (Wildman–Crippen MR) is 112 cm³/mol. The molecule has 2 aromatic carbocycles. The topological polar surface area (TPSA) is 89.1 Å². The molecule has 4 rings (SSSR count). The maximum atomic E-state index is 13.6. The third kappa shape index (κ3) is 4.29. The standard InChI is InChI=1S/C22H26F2N4O/c23-14-3-6-20-17(9-14)18(12-28-20)13-1-4-16(5-2-13)27-7-8-29-21-11-15(24)10-19(25)22(21)26/h3,6,9-13,16,27-28H,1-2,4-5,7-8,25-26H2. The molecule has 3 aromatic rings. The highest BCUT2D eigenvalue weighted by Crippen LogP contribution is 2.36. The number of halogens is 2. The van der Waals surface area contributed by atoms with E-state index in [2.05, 4.69) is 10.3 Å². The second-order valence-electron chi connectivity index (χ2n) is 7.69. The van der Waals surface area contributed by atoms with E-state index in [-0.39, 0.29) is 22.9 Å². The molecular weight excluding hydrogens is 374 g/mol. The van der Waals surface area contributed by atoms with E-state index in [0.717, 1.165) is 36.6 Å². The molecule has 6 N–H and O–H groups in total. The minimum absolute atomic E-state index is 0.184. The van der Waals surface area contributed by atoms with Crippen molar-refractivity contribution in [3.63, 3.8) is 0 Å². The number of H-pyrrole nitrogens is 1. The summed E-state index contributed by atoms with van der Waals surface area (Å²) in [5.41, 5.74) is 14.1. The van der Waals surface area contributed by atoms with E-state index < -0.39 is 5.82 Å². The number of benzene rings is 2. The predicted octanol–water partition coefficient (Wildman–Crippen LogP) is 4.31. The van der Waals surface area contributed by atoms with Crippen LogP contribution < -0.4 is 21.5 Å². The van der Waals surface area contributed by atoms with E-state index in [1.165, 1.54) is 23.8 Å². The van der Waals surface area contributed by atoms with Crippen molar-refractivity contribution in [2.24, 2.45) is 0 Å². The van der Waals surface area contributed by atoms with E-state index in [4.69, 9.17) is 16.2 Å². The summed E-state index contributed by atoms with van der Waals surface area (Å²) in [7, 11) is 0. The van der Waals surface area contributed by atoms with Crippen molar-refractivity contribution in [1.82, 2.24) is 10.3 Å². The number of hydrogen-bond donors (Lipinski definition) is 4. The van der Waals surface area contributed by atoms with Crippen LogP contribution in [0.2, 0.25) is 0 Å². The summed E-state index contributed by atoms with van der Waals surface area (Å²) < 4.78 is 32.6. The van der Waals surface area contributed by atoms with Crippen molar-refractivity contribution in [2.45, 2.75) is 37.6 Å². The quantitative estimate of drug-likeness (QED) is 0.367. The van der Waals surface area contributed by atoms with E-state index in [0.29, 0.717) is 25.1 Å². The van der Waals surface area contributed by atoms with Gasteiger partial charge in [-0.05, 0) is 61.4 Å². The second-order valence-corrected chi connectivity index (χ2v) is 7.69. The summed E-state index contributed by atoms with van der Waals surface area (Å²) in [6.07, 6.45) is 6.21. The second kappa shape index (κ2) is 8.29. The van der Waals surface area contributed by atoms with E-state index in [9.17, 15) is 8.78 Å². The molecule has 0 bridgehead atoms. The summed E-state index contributed by atoms with van der Waals surface area (Å²) in [6, 6.07) is 7.74. The number of ether oxygens (including phenoxy) is 1. The fourth-order valence-corrected chi connectivity index (χ4v) is 4.22. The molecule has 154 valence electrons. The van der Waals surface area contributed by atoms with Crippen LogP contribution in [0.15, 0.2) is 36.5 Å². The Morgan fingerprint density at radius 3 is 2.62 bits per heavy atom. The first-order valence-electron chi connectivity index (χ1n) is 9.98. The lowest BCUT2D eigenvalue weighted by Crippen LogP contribution is -2.35. The Morgan fingerprint density at radius 2 is 1.83 bits per heavy atom. The van der Waals surface area contributed by atoms with Gasteiger partial charge in [-0.2, -0.15) is 0 Å². The normalized spacial score (nSPS) is 19.5. The van der Waals surface area contributed by atoms with Crippen molar-refractivity contribution in [3.05, 3.63) is 53.7 Å². The molecule has 7 heteroatoms. The van der Waals surface area contributed by atoms with Crippen molar-refractivity contribution in [1.29, 1.82) is 0 Å². The maximum absolute atomic E-state index is 13.6. The van der Waals surface area contributed by atoms with Crippen LogP contribution in [-0.2, 0) is 0 Å². The van der Waals surface area contributed by atoms with Crippen LogP contribution in [0.1, 0.15) is 37.2 Å². The molecule has 0 saturated heterocycles. The number of aromatic amines is 1. The molecule has 1 aromatic heterocycles. The number of nitrogen functional groups attached to an aromatic ring is 2. The van der Waals surface area contributed by atoms with Crippen LogP contribution in [0.5, 0.6) is 5.75 Å². The molecule has 5 nitrogen and oxygen atoms in total. The fraction of sp³-hybridized carbons (Fsp3) is 0.364. The molecule has 0 atom stereocenters. The number of anilines is 2. The summed E-state index contributed by atoms with van der Waals surface area (Å²) in [6.45, 7) is 1.03. The van der Waals surface area contributed by atoms with Crippen LogP contribution in [-0.4, -0.2) is 24.2 Å². The van der Waals surface area contributed by atoms with Crippen molar-refractivity contribution in [3.8, 4) is 5.75 Å². The average molecular weight is 400 g/mol. The minimum Gasteiger partial charge on any atom is -0.490 e. The monoisotopic (exact) mass is 400 g/mol. The number of nitrogens with one attached hydrogen (secondary N) is 2. The molecule has 1 aliphatic carbocycles. The Hall–Kier alpha value is -2.80. The molecule has 0 unspecified atom stereocenters. The first-order valence-corrected chi connectivity index (χ1v) is 9.98. The summed E-state index contributed by atoms with van der Waals surface area (Å²) >= 11 is 0. The van der Waals surface area contributed by atoms with Gasteiger partial charge in [-0.1, -0.05) is 0 Å². The van der Waals surface area contributed by atoms with E-state index in [1.807, 2.05) is 6.20 Å².